The Morgan fingerprint density at radius 3 is 2.31 bits per heavy atom. The van der Waals surface area contributed by atoms with E-state index in [0.29, 0.717) is 6.61 Å². The molecule has 35 heavy (non-hydrogen) atoms. The van der Waals surface area contributed by atoms with Crippen molar-refractivity contribution in [2.24, 2.45) is 5.41 Å². The van der Waals surface area contributed by atoms with Crippen LogP contribution in [0.25, 0.3) is 0 Å². The molecule has 0 N–H and O–H groups in total. The normalized spacial score (nSPS) is 32.0. The Balaban J connectivity index is 1.79. The van der Waals surface area contributed by atoms with E-state index < -0.39 is 39.6 Å². The van der Waals surface area contributed by atoms with Crippen molar-refractivity contribution in [1.82, 2.24) is 0 Å². The third-order valence-electron chi connectivity index (χ3n) is 7.51. The molecule has 5 nitrogen and oxygen atoms in total. The predicted molar refractivity (Wildman–Crippen MR) is 143 cm³/mol. The Bertz CT molecular complexity index is 1090. The molecular formula is C28H38O5Si2. The van der Waals surface area contributed by atoms with Crippen LogP contribution in [0.5, 0.6) is 0 Å². The number of hydrogen-bond donors (Lipinski definition) is 0. The minimum Gasteiger partial charge on any atom is -0.434 e. The molecule has 0 saturated carbocycles. The molecule has 188 valence electrons. The highest BCUT2D eigenvalue weighted by Gasteiger charge is 2.73. The summed E-state index contributed by atoms with van der Waals surface area (Å²) in [6.45, 7) is 17.9. The Hall–Kier alpha value is -1.96. The lowest BCUT2D eigenvalue weighted by molar-refractivity contribution is -0.150. The van der Waals surface area contributed by atoms with E-state index in [-0.39, 0.29) is 17.1 Å². The van der Waals surface area contributed by atoms with Crippen LogP contribution in [-0.2, 0) is 30.0 Å². The van der Waals surface area contributed by atoms with Crippen LogP contribution in [0.3, 0.4) is 0 Å². The zero-order valence-electron chi connectivity index (χ0n) is 22.2. The van der Waals surface area contributed by atoms with E-state index in [9.17, 15) is 4.79 Å². The van der Waals surface area contributed by atoms with Gasteiger partial charge in [-0.3, -0.25) is 4.79 Å². The third-order valence-corrected chi connectivity index (χ3v) is 12.8. The number of ether oxygens (including phenoxy) is 3. The van der Waals surface area contributed by atoms with Gasteiger partial charge in [0.15, 0.2) is 19.3 Å². The number of rotatable bonds is 5. The molecule has 3 aliphatic rings. The predicted octanol–water partition coefficient (Wildman–Crippen LogP) is 5.61. The van der Waals surface area contributed by atoms with Crippen molar-refractivity contribution in [1.29, 1.82) is 0 Å². The van der Waals surface area contributed by atoms with E-state index in [4.69, 9.17) is 18.6 Å². The molecule has 7 heteroatoms. The summed E-state index contributed by atoms with van der Waals surface area (Å²) in [6, 6.07) is 10.1. The first kappa shape index (κ1) is 26.1. The summed E-state index contributed by atoms with van der Waals surface area (Å²) in [4.78, 5) is 13.5. The van der Waals surface area contributed by atoms with E-state index in [1.165, 1.54) is 6.26 Å². The number of carbonyl (C=O) groups excluding carboxylic acids is 1. The maximum absolute atomic E-state index is 13.5. The van der Waals surface area contributed by atoms with Crippen molar-refractivity contribution >= 4 is 22.4 Å². The Morgan fingerprint density at radius 2 is 1.74 bits per heavy atom. The molecule has 1 spiro atoms. The molecule has 0 radical (unpaired) electrons. The number of benzene rings is 1. The summed E-state index contributed by atoms with van der Waals surface area (Å²) >= 11 is 0. The second-order valence-corrected chi connectivity index (χ2v) is 21.8. The third kappa shape index (κ3) is 4.63. The molecule has 1 saturated heterocycles. The SMILES string of the molecule is CC(C)(C)[Si](C)(C)O[C@@H]1C2O[C@](C#C[Si](C)(C)C)(C=C[C@@H]2OCc2ccccc2)[C@]12C=COC2=O. The second-order valence-electron chi connectivity index (χ2n) is 12.3. The van der Waals surface area contributed by atoms with Gasteiger partial charge < -0.3 is 18.6 Å². The molecule has 3 heterocycles. The van der Waals surface area contributed by atoms with Gasteiger partial charge in [-0.2, -0.15) is 0 Å². The minimum absolute atomic E-state index is 0.0535. The fourth-order valence-corrected chi connectivity index (χ4v) is 6.35. The van der Waals surface area contributed by atoms with Crippen LogP contribution >= 0.6 is 0 Å². The molecular weight excluding hydrogens is 472 g/mol. The molecule has 3 aliphatic heterocycles. The van der Waals surface area contributed by atoms with E-state index in [1.807, 2.05) is 48.6 Å². The van der Waals surface area contributed by atoms with E-state index >= 15 is 0 Å². The number of hydrogen-bond acceptors (Lipinski definition) is 5. The minimum atomic E-state index is -2.31. The summed E-state index contributed by atoms with van der Waals surface area (Å²) in [7, 11) is -4.07. The van der Waals surface area contributed by atoms with Gasteiger partial charge in [0.2, 0.25) is 0 Å². The first-order valence-electron chi connectivity index (χ1n) is 12.3. The summed E-state index contributed by atoms with van der Waals surface area (Å²) in [6.07, 6.45) is 5.75. The number of fused-ring (bicyclic) bond motifs is 3. The highest BCUT2D eigenvalue weighted by atomic mass is 28.4. The van der Waals surface area contributed by atoms with Gasteiger partial charge in [0.25, 0.3) is 0 Å². The smallest absolute Gasteiger partial charge is 0.328 e. The average Bonchev–Trinajstić information content (AvgIpc) is 3.25. The molecule has 5 atom stereocenters. The first-order valence-corrected chi connectivity index (χ1v) is 18.8. The highest BCUT2D eigenvalue weighted by Crippen LogP contribution is 2.57. The number of carbonyl (C=O) groups is 1. The lowest BCUT2D eigenvalue weighted by Gasteiger charge is -2.43. The van der Waals surface area contributed by atoms with Crippen LogP contribution in [0.4, 0.5) is 0 Å². The first-order chi connectivity index (χ1) is 16.2. The standard InChI is InChI=1S/C28H38O5Si2/c1-26(2,3)35(7,8)33-24-23-22(31-20-21-12-10-9-11-13-21)14-15-27(32-23,17-19-34(4,5)6)28(24)16-18-30-25(28)29/h9-16,18,22-24H,20H2,1-8H3/t22-,23?,24+,27-,28+/m0/s1. The molecule has 1 aromatic rings. The lowest BCUT2D eigenvalue weighted by Crippen LogP contribution is -2.56. The van der Waals surface area contributed by atoms with Crippen molar-refractivity contribution in [2.45, 2.75) is 89.1 Å². The molecule has 2 bridgehead atoms. The summed E-state index contributed by atoms with van der Waals surface area (Å²) in [5.41, 5.74) is 2.20. The molecule has 1 unspecified atom stereocenters. The maximum atomic E-state index is 13.5. The number of esters is 1. The van der Waals surface area contributed by atoms with Gasteiger partial charge in [-0.05, 0) is 35.8 Å². The fourth-order valence-electron chi connectivity index (χ4n) is 4.48. The average molecular weight is 511 g/mol. The second kappa shape index (κ2) is 8.86. The lowest BCUT2D eigenvalue weighted by atomic mass is 9.70. The van der Waals surface area contributed by atoms with Crippen LogP contribution in [0.1, 0.15) is 26.3 Å². The molecule has 1 aromatic carbocycles. The van der Waals surface area contributed by atoms with Crippen molar-refractivity contribution in [2.75, 3.05) is 0 Å². The molecule has 0 aliphatic carbocycles. The van der Waals surface area contributed by atoms with Gasteiger partial charge in [0, 0.05) is 0 Å². The topological polar surface area (TPSA) is 54.0 Å². The van der Waals surface area contributed by atoms with Crippen molar-refractivity contribution in [3.05, 3.63) is 60.4 Å². The van der Waals surface area contributed by atoms with Gasteiger partial charge in [-0.1, -0.05) is 82.7 Å². The Labute approximate surface area is 212 Å². The summed E-state index contributed by atoms with van der Waals surface area (Å²) in [5, 5.41) is -0.0535. The summed E-state index contributed by atoms with van der Waals surface area (Å²) < 4.78 is 25.6. The van der Waals surface area contributed by atoms with Crippen molar-refractivity contribution < 1.29 is 23.4 Å². The largest absolute Gasteiger partial charge is 0.434 e. The van der Waals surface area contributed by atoms with Crippen LogP contribution < -0.4 is 0 Å². The zero-order chi connectivity index (χ0) is 25.7. The molecule has 4 rings (SSSR count). The maximum Gasteiger partial charge on any atom is 0.328 e. The van der Waals surface area contributed by atoms with Gasteiger partial charge in [-0.25, -0.2) is 0 Å². The van der Waals surface area contributed by atoms with Crippen LogP contribution in [0, 0.1) is 16.9 Å². The Kier molecular flexibility index (Phi) is 6.61. The highest BCUT2D eigenvalue weighted by molar-refractivity contribution is 6.83. The number of cyclic esters (lactones) is 1. The van der Waals surface area contributed by atoms with Crippen LogP contribution in [0.15, 0.2) is 54.8 Å². The van der Waals surface area contributed by atoms with Crippen molar-refractivity contribution in [3.63, 3.8) is 0 Å². The quantitative estimate of drug-likeness (QED) is 0.223. The van der Waals surface area contributed by atoms with E-state index in [0.717, 1.165) is 5.56 Å². The Morgan fingerprint density at radius 1 is 1.06 bits per heavy atom. The van der Waals surface area contributed by atoms with E-state index in [2.05, 4.69) is 65.0 Å². The van der Waals surface area contributed by atoms with Gasteiger partial charge in [0.05, 0.1) is 19.0 Å². The van der Waals surface area contributed by atoms with Gasteiger partial charge >= 0.3 is 5.97 Å². The van der Waals surface area contributed by atoms with Gasteiger partial charge in [-0.15, -0.1) is 5.54 Å². The van der Waals surface area contributed by atoms with E-state index in [1.54, 1.807) is 0 Å². The van der Waals surface area contributed by atoms with Crippen LogP contribution in [0.2, 0.25) is 37.8 Å². The van der Waals surface area contributed by atoms with Crippen molar-refractivity contribution in [3.8, 4) is 11.5 Å². The molecule has 1 fully saturated rings. The molecule has 0 amide bonds. The zero-order valence-corrected chi connectivity index (χ0v) is 24.2. The van der Waals surface area contributed by atoms with Crippen LogP contribution in [-0.4, -0.2) is 46.3 Å². The van der Waals surface area contributed by atoms with Gasteiger partial charge in [0.1, 0.15) is 20.3 Å². The monoisotopic (exact) mass is 510 g/mol. The summed E-state index contributed by atoms with van der Waals surface area (Å²) in [5.74, 6) is 3.04. The fraction of sp³-hybridized carbons (Fsp3) is 0.536. The molecule has 0 aromatic heterocycles.